The molecule has 1 heterocycles. The van der Waals surface area contributed by atoms with Gasteiger partial charge in [-0.2, -0.15) is 0 Å². The van der Waals surface area contributed by atoms with Crippen molar-refractivity contribution in [2.75, 3.05) is 20.2 Å². The number of carbonyl (C=O) groups excluding carboxylic acids is 2. The van der Waals surface area contributed by atoms with E-state index in [1.807, 2.05) is 24.3 Å². The van der Waals surface area contributed by atoms with Gasteiger partial charge < -0.3 is 15.0 Å². The highest BCUT2D eigenvalue weighted by atomic mass is 16.5. The number of ether oxygens (including phenoxy) is 1. The molecule has 1 aliphatic rings. The zero-order valence-corrected chi connectivity index (χ0v) is 12.9. The highest BCUT2D eigenvalue weighted by Crippen LogP contribution is 2.15. The number of nitrogens with one attached hydrogen (secondary N) is 1. The van der Waals surface area contributed by atoms with Gasteiger partial charge in [0.05, 0.1) is 13.2 Å². The molecule has 1 saturated heterocycles. The summed E-state index contributed by atoms with van der Waals surface area (Å²) in [6, 6.07) is 7.67. The van der Waals surface area contributed by atoms with Gasteiger partial charge in [-0.05, 0) is 37.0 Å². The fourth-order valence-electron chi connectivity index (χ4n) is 2.48. The van der Waals surface area contributed by atoms with Gasteiger partial charge in [0.25, 0.3) is 5.91 Å². The number of methoxy groups -OCH3 is 1. The van der Waals surface area contributed by atoms with Crippen LogP contribution in [-0.4, -0.2) is 43.0 Å². The van der Waals surface area contributed by atoms with Crippen molar-refractivity contribution in [2.24, 2.45) is 0 Å². The van der Waals surface area contributed by atoms with Crippen molar-refractivity contribution in [2.45, 2.75) is 25.8 Å². The van der Waals surface area contributed by atoms with E-state index in [4.69, 9.17) is 4.74 Å². The molecule has 1 aliphatic heterocycles. The summed E-state index contributed by atoms with van der Waals surface area (Å²) in [5.41, 5.74) is 1.15. The first-order valence-corrected chi connectivity index (χ1v) is 7.26. The summed E-state index contributed by atoms with van der Waals surface area (Å²) < 4.78 is 5.12. The van der Waals surface area contributed by atoms with Crippen molar-refractivity contribution in [3.63, 3.8) is 0 Å². The second kappa shape index (κ2) is 7.51. The molecule has 5 heteroatoms. The topological polar surface area (TPSA) is 58.6 Å². The molecule has 1 fully saturated rings. The Morgan fingerprint density at radius 1 is 1.41 bits per heavy atom. The maximum Gasteiger partial charge on any atom is 0.296 e. The standard InChI is InChI=1S/C17H20N2O3/c1-3-4-16(20)18-14-11-17(21)19(12-14)10-9-13-5-7-15(22-2)8-6-13/h5-8,14H,9-12H2,1-2H3,(H,18,20)/t14-/m1/s1. The molecule has 1 aromatic rings. The lowest BCUT2D eigenvalue weighted by atomic mass is 10.1. The average molecular weight is 300 g/mol. The second-order valence-corrected chi connectivity index (χ2v) is 5.19. The molecular formula is C17H20N2O3. The number of hydrogen-bond donors (Lipinski definition) is 1. The largest absolute Gasteiger partial charge is 0.497 e. The molecule has 1 aromatic carbocycles. The zero-order valence-electron chi connectivity index (χ0n) is 12.9. The Morgan fingerprint density at radius 2 is 2.14 bits per heavy atom. The number of rotatable bonds is 5. The molecular weight excluding hydrogens is 280 g/mol. The molecule has 0 saturated carbocycles. The first-order valence-electron chi connectivity index (χ1n) is 7.26. The van der Waals surface area contributed by atoms with E-state index < -0.39 is 0 Å². The third-order valence-corrected chi connectivity index (χ3v) is 3.62. The van der Waals surface area contributed by atoms with E-state index in [1.54, 1.807) is 18.9 Å². The van der Waals surface area contributed by atoms with E-state index >= 15 is 0 Å². The van der Waals surface area contributed by atoms with Crippen LogP contribution in [-0.2, 0) is 16.0 Å². The summed E-state index contributed by atoms with van der Waals surface area (Å²) in [4.78, 5) is 25.2. The Labute approximate surface area is 130 Å². The maximum absolute atomic E-state index is 12.0. The monoisotopic (exact) mass is 300 g/mol. The normalized spacial score (nSPS) is 16.9. The molecule has 0 unspecified atom stereocenters. The molecule has 0 aromatic heterocycles. The second-order valence-electron chi connectivity index (χ2n) is 5.19. The SMILES string of the molecule is CC#CC(=O)N[C@@H]1CC(=O)N(CCc2ccc(OC)cc2)C1. The molecule has 22 heavy (non-hydrogen) atoms. The van der Waals surface area contributed by atoms with Crippen LogP contribution >= 0.6 is 0 Å². The van der Waals surface area contributed by atoms with Crippen molar-refractivity contribution in [3.8, 4) is 17.6 Å². The Kier molecular flexibility index (Phi) is 5.42. The summed E-state index contributed by atoms with van der Waals surface area (Å²) in [6.45, 7) is 2.81. The lowest BCUT2D eigenvalue weighted by molar-refractivity contribution is -0.127. The summed E-state index contributed by atoms with van der Waals surface area (Å²) in [5.74, 6) is 5.55. The smallest absolute Gasteiger partial charge is 0.296 e. The molecule has 0 radical (unpaired) electrons. The summed E-state index contributed by atoms with van der Waals surface area (Å²) in [5, 5.41) is 2.76. The number of likely N-dealkylation sites (tertiary alicyclic amines) is 1. The highest BCUT2D eigenvalue weighted by molar-refractivity contribution is 5.94. The molecule has 0 spiro atoms. The van der Waals surface area contributed by atoms with E-state index in [0.717, 1.165) is 17.7 Å². The Morgan fingerprint density at radius 3 is 2.77 bits per heavy atom. The van der Waals surface area contributed by atoms with Crippen molar-refractivity contribution in [3.05, 3.63) is 29.8 Å². The lowest BCUT2D eigenvalue weighted by Crippen LogP contribution is -2.36. The molecule has 5 nitrogen and oxygen atoms in total. The van der Waals surface area contributed by atoms with Crippen molar-refractivity contribution < 1.29 is 14.3 Å². The van der Waals surface area contributed by atoms with Crippen molar-refractivity contribution >= 4 is 11.8 Å². The van der Waals surface area contributed by atoms with Gasteiger partial charge in [-0.1, -0.05) is 18.1 Å². The Hall–Kier alpha value is -2.48. The van der Waals surface area contributed by atoms with Crippen LogP contribution in [0, 0.1) is 11.8 Å². The summed E-state index contributed by atoms with van der Waals surface area (Å²) in [6.07, 6.45) is 1.13. The van der Waals surface area contributed by atoms with Gasteiger partial charge in [0.2, 0.25) is 5.91 Å². The van der Waals surface area contributed by atoms with E-state index in [9.17, 15) is 9.59 Å². The average Bonchev–Trinajstić information content (AvgIpc) is 2.85. The Bertz CT molecular complexity index is 599. The van der Waals surface area contributed by atoms with Gasteiger partial charge in [0.1, 0.15) is 5.75 Å². The minimum atomic E-state index is -0.322. The van der Waals surface area contributed by atoms with E-state index in [-0.39, 0.29) is 17.9 Å². The van der Waals surface area contributed by atoms with Crippen LogP contribution in [0.2, 0.25) is 0 Å². The van der Waals surface area contributed by atoms with Crippen LogP contribution in [0.4, 0.5) is 0 Å². The van der Waals surface area contributed by atoms with Crippen LogP contribution in [0.25, 0.3) is 0 Å². The van der Waals surface area contributed by atoms with Gasteiger partial charge in [-0.25, -0.2) is 0 Å². The molecule has 0 bridgehead atoms. The molecule has 1 atom stereocenters. The first kappa shape index (κ1) is 15.9. The van der Waals surface area contributed by atoms with Gasteiger partial charge >= 0.3 is 0 Å². The lowest BCUT2D eigenvalue weighted by Gasteiger charge is -2.16. The predicted octanol–water partition coefficient (Wildman–Crippen LogP) is 0.978. The van der Waals surface area contributed by atoms with Crippen LogP contribution in [0.5, 0.6) is 5.75 Å². The number of benzene rings is 1. The zero-order chi connectivity index (χ0) is 15.9. The van der Waals surface area contributed by atoms with Crippen molar-refractivity contribution in [1.29, 1.82) is 0 Å². The van der Waals surface area contributed by atoms with Crippen LogP contribution in [0.15, 0.2) is 24.3 Å². The minimum absolute atomic E-state index is 0.0725. The summed E-state index contributed by atoms with van der Waals surface area (Å²) >= 11 is 0. The van der Waals surface area contributed by atoms with Crippen LogP contribution in [0.1, 0.15) is 18.9 Å². The fraction of sp³-hybridized carbons (Fsp3) is 0.412. The third kappa shape index (κ3) is 4.26. The first-order chi connectivity index (χ1) is 10.6. The van der Waals surface area contributed by atoms with Gasteiger partial charge in [0.15, 0.2) is 0 Å². The number of hydrogen-bond acceptors (Lipinski definition) is 3. The van der Waals surface area contributed by atoms with Crippen LogP contribution in [0.3, 0.4) is 0 Å². The quantitative estimate of drug-likeness (QED) is 0.825. The number of amides is 2. The maximum atomic E-state index is 12.0. The molecule has 116 valence electrons. The molecule has 1 N–H and O–H groups in total. The van der Waals surface area contributed by atoms with Gasteiger partial charge in [-0.15, -0.1) is 0 Å². The molecule has 2 amide bonds. The highest BCUT2D eigenvalue weighted by Gasteiger charge is 2.29. The fourth-order valence-corrected chi connectivity index (χ4v) is 2.48. The number of nitrogens with zero attached hydrogens (tertiary/aromatic N) is 1. The van der Waals surface area contributed by atoms with Gasteiger partial charge in [0, 0.05) is 19.5 Å². The van der Waals surface area contributed by atoms with E-state index in [1.165, 1.54) is 0 Å². The van der Waals surface area contributed by atoms with Gasteiger partial charge in [-0.3, -0.25) is 9.59 Å². The summed E-state index contributed by atoms with van der Waals surface area (Å²) in [7, 11) is 1.63. The molecule has 0 aliphatic carbocycles. The molecule has 2 rings (SSSR count). The van der Waals surface area contributed by atoms with E-state index in [2.05, 4.69) is 17.2 Å². The third-order valence-electron chi connectivity index (χ3n) is 3.62. The van der Waals surface area contributed by atoms with Crippen molar-refractivity contribution in [1.82, 2.24) is 10.2 Å². The Balaban J connectivity index is 1.83. The number of carbonyl (C=O) groups is 2. The van der Waals surface area contributed by atoms with Crippen LogP contribution < -0.4 is 10.1 Å². The minimum Gasteiger partial charge on any atom is -0.497 e. The van der Waals surface area contributed by atoms with E-state index in [0.29, 0.717) is 19.5 Å². The predicted molar refractivity (Wildman–Crippen MR) is 83.3 cm³/mol.